The van der Waals surface area contributed by atoms with E-state index in [4.69, 9.17) is 46.4 Å². The number of carbonyl (C=O) groups excluding carboxylic acids is 1. The Hall–Kier alpha value is -1.82. The number of piperidine rings is 1. The van der Waals surface area contributed by atoms with Gasteiger partial charge in [-0.25, -0.2) is 4.39 Å². The second kappa shape index (κ2) is 11.2. The third-order valence-corrected chi connectivity index (χ3v) is 8.99. The van der Waals surface area contributed by atoms with Gasteiger partial charge in [-0.15, -0.1) is 0 Å². The first-order valence-corrected chi connectivity index (χ1v) is 14.8. The number of hydrogen-bond donors (Lipinski definition) is 0. The number of carbonyl (C=O) groups is 1. The minimum Gasteiger partial charge on any atom is -0.298 e. The molecule has 0 radical (unpaired) electrons. The van der Waals surface area contributed by atoms with Crippen molar-refractivity contribution in [1.82, 2.24) is 4.90 Å². The first kappa shape index (κ1) is 28.7. The molecule has 5 rings (SSSR count). The highest BCUT2D eigenvalue weighted by Crippen LogP contribution is 2.47. The van der Waals surface area contributed by atoms with Crippen molar-refractivity contribution >= 4 is 63.7 Å². The van der Waals surface area contributed by atoms with E-state index in [1.165, 1.54) is 12.1 Å². The van der Waals surface area contributed by atoms with Crippen LogP contribution < -0.4 is 4.90 Å². The van der Waals surface area contributed by atoms with Crippen molar-refractivity contribution in [2.45, 2.75) is 58.4 Å². The molecule has 0 aromatic heterocycles. The van der Waals surface area contributed by atoms with Crippen molar-refractivity contribution in [1.29, 1.82) is 0 Å². The Kier molecular flexibility index (Phi) is 8.25. The predicted molar refractivity (Wildman–Crippen MR) is 162 cm³/mol. The van der Waals surface area contributed by atoms with Gasteiger partial charge in [0.1, 0.15) is 5.82 Å². The van der Waals surface area contributed by atoms with Crippen molar-refractivity contribution in [3.8, 4) is 11.1 Å². The van der Waals surface area contributed by atoms with Crippen LogP contribution in [0, 0.1) is 11.7 Å². The summed E-state index contributed by atoms with van der Waals surface area (Å²) in [6, 6.07) is 11.9. The topological polar surface area (TPSA) is 23.6 Å². The Morgan fingerprint density at radius 3 is 2.15 bits per heavy atom. The summed E-state index contributed by atoms with van der Waals surface area (Å²) in [5, 5.41) is 1.33. The van der Waals surface area contributed by atoms with Crippen LogP contribution in [0.1, 0.15) is 51.2 Å². The third kappa shape index (κ3) is 5.96. The van der Waals surface area contributed by atoms with E-state index in [2.05, 4.69) is 37.8 Å². The number of anilines is 2. The van der Waals surface area contributed by atoms with Crippen molar-refractivity contribution in [2.24, 2.45) is 5.92 Å². The predicted octanol–water partition coefficient (Wildman–Crippen LogP) is 9.77. The quantitative estimate of drug-likeness (QED) is 0.295. The van der Waals surface area contributed by atoms with Gasteiger partial charge in [0.05, 0.1) is 26.4 Å². The molecule has 3 aromatic rings. The molecule has 1 amide bonds. The number of benzene rings is 3. The summed E-state index contributed by atoms with van der Waals surface area (Å²) in [6.45, 7) is 8.88. The largest absolute Gasteiger partial charge is 0.298 e. The van der Waals surface area contributed by atoms with Gasteiger partial charge in [0.2, 0.25) is 5.91 Å². The summed E-state index contributed by atoms with van der Waals surface area (Å²) in [5.41, 5.74) is 5.00. The van der Waals surface area contributed by atoms with E-state index in [-0.39, 0.29) is 17.9 Å². The van der Waals surface area contributed by atoms with Crippen molar-refractivity contribution in [3.05, 3.63) is 79.5 Å². The van der Waals surface area contributed by atoms with E-state index in [1.807, 2.05) is 0 Å². The molecular formula is C31H31Cl4FN2O. The van der Waals surface area contributed by atoms with Crippen LogP contribution in [0.3, 0.4) is 0 Å². The van der Waals surface area contributed by atoms with Gasteiger partial charge in [-0.2, -0.15) is 0 Å². The molecule has 0 atom stereocenters. The molecule has 2 heterocycles. The number of likely N-dealkylation sites (tertiary alicyclic amines) is 1. The molecular weight excluding hydrogens is 577 g/mol. The molecule has 0 saturated carbocycles. The van der Waals surface area contributed by atoms with Crippen molar-refractivity contribution < 1.29 is 9.18 Å². The lowest BCUT2D eigenvalue weighted by Gasteiger charge is -2.41. The van der Waals surface area contributed by atoms with E-state index >= 15 is 0 Å². The summed E-state index contributed by atoms with van der Waals surface area (Å²) in [4.78, 5) is 17.6. The Morgan fingerprint density at radius 1 is 0.872 bits per heavy atom. The van der Waals surface area contributed by atoms with E-state index in [0.717, 1.165) is 60.3 Å². The zero-order chi connectivity index (χ0) is 28.1. The lowest BCUT2D eigenvalue weighted by Crippen LogP contribution is -2.46. The Labute approximate surface area is 249 Å². The van der Waals surface area contributed by atoms with Gasteiger partial charge >= 0.3 is 0 Å². The van der Waals surface area contributed by atoms with Gasteiger partial charge < -0.3 is 0 Å². The minimum atomic E-state index is -0.393. The highest BCUT2D eigenvalue weighted by molar-refractivity contribution is 6.43. The highest BCUT2D eigenvalue weighted by Gasteiger charge is 2.33. The average Bonchev–Trinajstić information content (AvgIpc) is 2.84. The van der Waals surface area contributed by atoms with Crippen LogP contribution >= 0.6 is 46.4 Å². The van der Waals surface area contributed by atoms with Gasteiger partial charge in [0.15, 0.2) is 0 Å². The molecule has 0 spiro atoms. The molecule has 206 valence electrons. The molecule has 0 aliphatic carbocycles. The van der Waals surface area contributed by atoms with Crippen molar-refractivity contribution in [2.75, 3.05) is 18.0 Å². The number of fused-ring (bicyclic) bond motifs is 1. The Morgan fingerprint density at radius 2 is 1.54 bits per heavy atom. The van der Waals surface area contributed by atoms with Crippen LogP contribution in [-0.2, 0) is 17.6 Å². The SMILES string of the molecule is CC(C)(C)N1CCC(Cc2cc(-c3ccc(F)cc3Cl)c3c(c2)N(c2c(Cl)cc(Cl)cc2Cl)C(=O)CC3)CC1. The van der Waals surface area contributed by atoms with E-state index in [1.54, 1.807) is 23.1 Å². The molecule has 1 fully saturated rings. The number of halogens is 5. The molecule has 3 nitrogen and oxygen atoms in total. The summed E-state index contributed by atoms with van der Waals surface area (Å²) in [5.74, 6) is 0.0185. The number of rotatable bonds is 4. The number of hydrogen-bond acceptors (Lipinski definition) is 2. The molecule has 1 saturated heterocycles. The molecule has 39 heavy (non-hydrogen) atoms. The highest BCUT2D eigenvalue weighted by atomic mass is 35.5. The summed E-state index contributed by atoms with van der Waals surface area (Å²) in [6.07, 6.45) is 3.86. The molecule has 2 aliphatic heterocycles. The van der Waals surface area contributed by atoms with Crippen molar-refractivity contribution in [3.63, 3.8) is 0 Å². The summed E-state index contributed by atoms with van der Waals surface area (Å²) < 4.78 is 14.0. The van der Waals surface area contributed by atoms with Crippen LogP contribution in [0.4, 0.5) is 15.8 Å². The number of nitrogens with zero attached hydrogens (tertiary/aromatic N) is 2. The van der Waals surface area contributed by atoms with Crippen LogP contribution in [0.25, 0.3) is 11.1 Å². The van der Waals surface area contributed by atoms with Crippen LogP contribution in [0.15, 0.2) is 42.5 Å². The first-order valence-electron chi connectivity index (χ1n) is 13.3. The average molecular weight is 608 g/mol. The summed E-state index contributed by atoms with van der Waals surface area (Å²) >= 11 is 26.0. The normalized spacial score (nSPS) is 17.0. The maximum atomic E-state index is 14.0. The molecule has 0 bridgehead atoms. The van der Waals surface area contributed by atoms with Gasteiger partial charge in [-0.3, -0.25) is 14.6 Å². The monoisotopic (exact) mass is 606 g/mol. The fourth-order valence-electron chi connectivity index (χ4n) is 5.86. The van der Waals surface area contributed by atoms with E-state index < -0.39 is 5.82 Å². The fraction of sp³-hybridized carbons (Fsp3) is 0.387. The second-order valence-electron chi connectivity index (χ2n) is 11.5. The van der Waals surface area contributed by atoms with Crippen LogP contribution in [0.2, 0.25) is 20.1 Å². The van der Waals surface area contributed by atoms with Gasteiger partial charge in [0, 0.05) is 22.5 Å². The van der Waals surface area contributed by atoms with Gasteiger partial charge in [-0.1, -0.05) is 52.5 Å². The lowest BCUT2D eigenvalue weighted by molar-refractivity contribution is -0.118. The molecule has 2 aliphatic rings. The first-order chi connectivity index (χ1) is 18.4. The molecule has 8 heteroatoms. The molecule has 0 unspecified atom stereocenters. The zero-order valence-corrected chi connectivity index (χ0v) is 25.3. The fourth-order valence-corrected chi connectivity index (χ4v) is 7.11. The number of amides is 1. The van der Waals surface area contributed by atoms with Crippen LogP contribution in [0.5, 0.6) is 0 Å². The molecule has 0 N–H and O–H groups in total. The minimum absolute atomic E-state index is 0.0968. The maximum absolute atomic E-state index is 14.0. The second-order valence-corrected chi connectivity index (χ2v) is 13.2. The molecule has 3 aromatic carbocycles. The van der Waals surface area contributed by atoms with Gasteiger partial charge in [0.25, 0.3) is 0 Å². The zero-order valence-electron chi connectivity index (χ0n) is 22.3. The lowest BCUT2D eigenvalue weighted by atomic mass is 9.84. The third-order valence-electron chi connectivity index (χ3n) is 7.88. The van der Waals surface area contributed by atoms with E-state index in [9.17, 15) is 9.18 Å². The van der Waals surface area contributed by atoms with Gasteiger partial charge in [-0.05, 0) is 119 Å². The smallest absolute Gasteiger partial charge is 0.231 e. The standard InChI is InChI=1S/C31H31Cl4FN2O/c1-31(2,3)37-10-8-18(9-11-37)12-19-13-24(22-5-4-21(36)17-25(22)33)23-6-7-29(39)38(28(23)14-19)30-26(34)15-20(32)16-27(30)35/h4-5,13-18H,6-12H2,1-3H3. The Bertz CT molecular complexity index is 1400. The maximum Gasteiger partial charge on any atom is 0.231 e. The van der Waals surface area contributed by atoms with E-state index in [0.29, 0.717) is 38.1 Å². The summed E-state index contributed by atoms with van der Waals surface area (Å²) in [7, 11) is 0. The van der Waals surface area contributed by atoms with Crippen LogP contribution in [-0.4, -0.2) is 29.4 Å². The Balaban J connectivity index is 1.62.